The van der Waals surface area contributed by atoms with Crippen LogP contribution in [0, 0.1) is 5.82 Å². The minimum atomic E-state index is -0.196. The Kier molecular flexibility index (Phi) is 3.02. The molecule has 0 radical (unpaired) electrons. The monoisotopic (exact) mass is 217 g/mol. The molecule has 2 N–H and O–H groups in total. The van der Waals surface area contributed by atoms with E-state index in [1.165, 1.54) is 0 Å². The van der Waals surface area contributed by atoms with Crippen molar-refractivity contribution < 1.29 is 4.39 Å². The summed E-state index contributed by atoms with van der Waals surface area (Å²) in [4.78, 5) is 0. The summed E-state index contributed by atoms with van der Waals surface area (Å²) in [6, 6.07) is 5.22. The van der Waals surface area contributed by atoms with Crippen molar-refractivity contribution in [3.8, 4) is 0 Å². The van der Waals surface area contributed by atoms with Crippen LogP contribution in [0.4, 0.5) is 4.39 Å². The minimum absolute atomic E-state index is 0.196. The van der Waals surface area contributed by atoms with E-state index in [0.29, 0.717) is 23.0 Å². The first-order chi connectivity index (χ1) is 5.25. The van der Waals surface area contributed by atoms with Crippen LogP contribution in [0.2, 0.25) is 0 Å². The molecule has 0 heterocycles. The van der Waals surface area contributed by atoms with E-state index < -0.39 is 0 Å². The van der Waals surface area contributed by atoms with Crippen molar-refractivity contribution in [2.45, 2.75) is 6.42 Å². The molecule has 0 saturated heterocycles. The Hall–Kier alpha value is -0.410. The van der Waals surface area contributed by atoms with Gasteiger partial charge in [0.05, 0.1) is 4.47 Å². The number of rotatable bonds is 2. The molecule has 0 bridgehead atoms. The fourth-order valence-electron chi connectivity index (χ4n) is 0.897. The highest BCUT2D eigenvalue weighted by Gasteiger charge is 2.03. The van der Waals surface area contributed by atoms with Crippen LogP contribution in [-0.4, -0.2) is 6.54 Å². The second kappa shape index (κ2) is 3.83. The standard InChI is InChI=1S/C8H9BrFN/c9-7-3-1-2-6(4-5-11)8(7)10/h1-3H,4-5,11H2. The van der Waals surface area contributed by atoms with Crippen molar-refractivity contribution >= 4 is 15.9 Å². The van der Waals surface area contributed by atoms with Crippen molar-refractivity contribution in [1.29, 1.82) is 0 Å². The van der Waals surface area contributed by atoms with E-state index in [2.05, 4.69) is 15.9 Å². The molecule has 0 aliphatic rings. The molecule has 1 aromatic carbocycles. The van der Waals surface area contributed by atoms with Gasteiger partial charge in [0.25, 0.3) is 0 Å². The summed E-state index contributed by atoms with van der Waals surface area (Å²) in [5, 5.41) is 0. The Morgan fingerprint density at radius 3 is 2.82 bits per heavy atom. The zero-order valence-electron chi connectivity index (χ0n) is 5.98. The zero-order chi connectivity index (χ0) is 8.27. The first-order valence-corrected chi connectivity index (χ1v) is 4.18. The maximum Gasteiger partial charge on any atom is 0.140 e. The third-order valence-corrected chi connectivity index (χ3v) is 2.06. The summed E-state index contributed by atoms with van der Waals surface area (Å²) in [5.74, 6) is -0.196. The molecule has 0 aliphatic heterocycles. The van der Waals surface area contributed by atoms with Gasteiger partial charge in [0.2, 0.25) is 0 Å². The zero-order valence-corrected chi connectivity index (χ0v) is 7.57. The fourth-order valence-corrected chi connectivity index (χ4v) is 1.30. The summed E-state index contributed by atoms with van der Waals surface area (Å²) >= 11 is 3.10. The fraction of sp³-hybridized carbons (Fsp3) is 0.250. The Bertz CT molecular complexity index is 250. The highest BCUT2D eigenvalue weighted by Crippen LogP contribution is 2.18. The van der Waals surface area contributed by atoms with Crippen LogP contribution in [-0.2, 0) is 6.42 Å². The van der Waals surface area contributed by atoms with Crippen molar-refractivity contribution in [3.05, 3.63) is 34.1 Å². The van der Waals surface area contributed by atoms with Crippen molar-refractivity contribution in [2.24, 2.45) is 5.73 Å². The predicted octanol–water partition coefficient (Wildman–Crippen LogP) is 2.09. The Morgan fingerprint density at radius 1 is 1.45 bits per heavy atom. The highest BCUT2D eigenvalue weighted by atomic mass is 79.9. The normalized spacial score (nSPS) is 10.1. The molecule has 1 aromatic rings. The average molecular weight is 218 g/mol. The molecule has 0 saturated carbocycles. The first kappa shape index (κ1) is 8.68. The average Bonchev–Trinajstić information content (AvgIpc) is 1.99. The molecular weight excluding hydrogens is 209 g/mol. The third-order valence-electron chi connectivity index (χ3n) is 1.45. The van der Waals surface area contributed by atoms with E-state index in [1.807, 2.05) is 0 Å². The Morgan fingerprint density at radius 2 is 2.18 bits per heavy atom. The maximum atomic E-state index is 13.1. The molecule has 3 heteroatoms. The molecule has 1 nitrogen and oxygen atoms in total. The van der Waals surface area contributed by atoms with Gasteiger partial charge in [-0.3, -0.25) is 0 Å². The van der Waals surface area contributed by atoms with Crippen molar-refractivity contribution in [3.63, 3.8) is 0 Å². The van der Waals surface area contributed by atoms with Crippen molar-refractivity contribution in [1.82, 2.24) is 0 Å². The number of nitrogens with two attached hydrogens (primary N) is 1. The predicted molar refractivity (Wildman–Crippen MR) is 46.9 cm³/mol. The smallest absolute Gasteiger partial charge is 0.140 e. The molecule has 0 spiro atoms. The van der Waals surface area contributed by atoms with E-state index in [9.17, 15) is 4.39 Å². The summed E-state index contributed by atoms with van der Waals surface area (Å²) in [5.41, 5.74) is 5.97. The van der Waals surface area contributed by atoms with E-state index in [4.69, 9.17) is 5.73 Å². The molecular formula is C8H9BrFN. The number of benzene rings is 1. The number of hydrogen-bond acceptors (Lipinski definition) is 1. The van der Waals surface area contributed by atoms with Crippen LogP contribution in [0.15, 0.2) is 22.7 Å². The molecule has 0 aromatic heterocycles. The summed E-state index contributed by atoms with van der Waals surface area (Å²) in [6.07, 6.45) is 0.589. The largest absolute Gasteiger partial charge is 0.330 e. The molecule has 11 heavy (non-hydrogen) atoms. The molecule has 0 aliphatic carbocycles. The van der Waals surface area contributed by atoms with Gasteiger partial charge in [-0.25, -0.2) is 4.39 Å². The van der Waals surface area contributed by atoms with Gasteiger partial charge >= 0.3 is 0 Å². The molecule has 1 rings (SSSR count). The minimum Gasteiger partial charge on any atom is -0.330 e. The van der Waals surface area contributed by atoms with Crippen LogP contribution >= 0.6 is 15.9 Å². The lowest BCUT2D eigenvalue weighted by atomic mass is 10.1. The van der Waals surface area contributed by atoms with Gasteiger partial charge in [-0.2, -0.15) is 0 Å². The van der Waals surface area contributed by atoms with Gasteiger partial charge in [-0.05, 0) is 40.5 Å². The lowest BCUT2D eigenvalue weighted by molar-refractivity contribution is 0.603. The van der Waals surface area contributed by atoms with Gasteiger partial charge in [0.15, 0.2) is 0 Å². The van der Waals surface area contributed by atoms with Gasteiger partial charge < -0.3 is 5.73 Å². The van der Waals surface area contributed by atoms with Crippen LogP contribution in [0.5, 0.6) is 0 Å². The number of halogens is 2. The third kappa shape index (κ3) is 2.01. The van der Waals surface area contributed by atoms with Crippen LogP contribution < -0.4 is 5.73 Å². The maximum absolute atomic E-state index is 13.1. The lowest BCUT2D eigenvalue weighted by Gasteiger charge is -2.01. The van der Waals surface area contributed by atoms with Gasteiger partial charge in [0.1, 0.15) is 5.82 Å². The van der Waals surface area contributed by atoms with Crippen LogP contribution in [0.3, 0.4) is 0 Å². The quantitative estimate of drug-likeness (QED) is 0.807. The van der Waals surface area contributed by atoms with E-state index in [0.717, 1.165) is 0 Å². The summed E-state index contributed by atoms with van der Waals surface area (Å²) < 4.78 is 13.6. The van der Waals surface area contributed by atoms with E-state index in [1.54, 1.807) is 18.2 Å². The highest BCUT2D eigenvalue weighted by molar-refractivity contribution is 9.10. The Balaban J connectivity index is 2.96. The van der Waals surface area contributed by atoms with Gasteiger partial charge in [0, 0.05) is 0 Å². The lowest BCUT2D eigenvalue weighted by Crippen LogP contribution is -2.04. The van der Waals surface area contributed by atoms with Crippen LogP contribution in [0.25, 0.3) is 0 Å². The van der Waals surface area contributed by atoms with E-state index >= 15 is 0 Å². The molecule has 0 unspecified atom stereocenters. The van der Waals surface area contributed by atoms with Gasteiger partial charge in [-0.15, -0.1) is 0 Å². The molecule has 0 amide bonds. The van der Waals surface area contributed by atoms with E-state index in [-0.39, 0.29) is 5.82 Å². The Labute approximate surface area is 73.5 Å². The molecule has 0 atom stereocenters. The second-order valence-electron chi connectivity index (χ2n) is 2.25. The summed E-state index contributed by atoms with van der Waals surface area (Å²) in [7, 11) is 0. The first-order valence-electron chi connectivity index (χ1n) is 3.38. The van der Waals surface area contributed by atoms with Crippen molar-refractivity contribution in [2.75, 3.05) is 6.54 Å². The van der Waals surface area contributed by atoms with Crippen LogP contribution in [0.1, 0.15) is 5.56 Å². The summed E-state index contributed by atoms with van der Waals surface area (Å²) in [6.45, 7) is 0.480. The molecule has 60 valence electrons. The SMILES string of the molecule is NCCc1cccc(Br)c1F. The number of hydrogen-bond donors (Lipinski definition) is 1. The van der Waals surface area contributed by atoms with Gasteiger partial charge in [-0.1, -0.05) is 12.1 Å². The topological polar surface area (TPSA) is 26.0 Å². The molecule has 0 fully saturated rings. The second-order valence-corrected chi connectivity index (χ2v) is 3.11.